The summed E-state index contributed by atoms with van der Waals surface area (Å²) in [6.07, 6.45) is 5.07. The first-order chi connectivity index (χ1) is 20.2. The first-order valence-electron chi connectivity index (χ1n) is 13.7. The molecule has 1 fully saturated rings. The highest BCUT2D eigenvalue weighted by Crippen LogP contribution is 2.30. The van der Waals surface area contributed by atoms with Crippen LogP contribution < -0.4 is 0 Å². The van der Waals surface area contributed by atoms with Crippen LogP contribution in [0.1, 0.15) is 23.6 Å². The summed E-state index contributed by atoms with van der Waals surface area (Å²) in [6.45, 7) is 3.24. The lowest BCUT2D eigenvalue weighted by Gasteiger charge is -2.44. The molecule has 3 aromatic rings. The van der Waals surface area contributed by atoms with Gasteiger partial charge in [-0.2, -0.15) is 0 Å². The van der Waals surface area contributed by atoms with Crippen LogP contribution in [0.15, 0.2) is 103 Å². The van der Waals surface area contributed by atoms with E-state index in [1.54, 1.807) is 6.92 Å². The summed E-state index contributed by atoms with van der Waals surface area (Å²) in [5, 5.41) is 0. The molecule has 0 aromatic heterocycles. The smallest absolute Gasteiger partial charge is 0.333 e. The maximum Gasteiger partial charge on any atom is 0.333 e. The van der Waals surface area contributed by atoms with Gasteiger partial charge in [0.05, 0.1) is 45.4 Å². The fourth-order valence-electron chi connectivity index (χ4n) is 4.50. The van der Waals surface area contributed by atoms with Crippen LogP contribution in [0, 0.1) is 12.3 Å². The number of terminal acetylenes is 1. The van der Waals surface area contributed by atoms with E-state index < -0.39 is 36.5 Å². The van der Waals surface area contributed by atoms with Crippen molar-refractivity contribution in [2.75, 3.05) is 13.2 Å². The van der Waals surface area contributed by atoms with E-state index in [0.29, 0.717) is 19.8 Å². The van der Waals surface area contributed by atoms with Crippen LogP contribution in [0.4, 0.5) is 0 Å². The second-order valence-corrected chi connectivity index (χ2v) is 9.44. The predicted octanol–water partition coefficient (Wildman–Crippen LogP) is 5.24. The average Bonchev–Trinajstić information content (AvgIpc) is 3.01. The number of hydrogen-bond donors (Lipinski definition) is 0. The molecule has 214 valence electrons. The Bertz CT molecular complexity index is 1240. The fourth-order valence-corrected chi connectivity index (χ4v) is 4.50. The molecule has 5 atom stereocenters. The molecule has 7 nitrogen and oxygen atoms in total. The first kappa shape index (κ1) is 30.0. The molecule has 0 radical (unpaired) electrons. The van der Waals surface area contributed by atoms with Gasteiger partial charge in [0.15, 0.2) is 12.2 Å². The molecule has 4 rings (SSSR count). The Morgan fingerprint density at radius 2 is 1.34 bits per heavy atom. The predicted molar refractivity (Wildman–Crippen MR) is 154 cm³/mol. The topological polar surface area (TPSA) is 72.5 Å². The van der Waals surface area contributed by atoms with Crippen LogP contribution >= 0.6 is 0 Å². The molecule has 1 aliphatic heterocycles. The van der Waals surface area contributed by atoms with E-state index in [1.165, 1.54) is 12.3 Å². The van der Waals surface area contributed by atoms with Gasteiger partial charge in [0, 0.05) is 0 Å². The molecule has 0 amide bonds. The maximum atomic E-state index is 11.9. The SMILES string of the molecule is C#C[C@H]1O[C@H](COCc2ccccc2)[C@@H](OCc2ccccc2)[C@H](OCc2ccccc2)[C@H]1O/C=C/C(=O)OCC. The number of ether oxygens (including phenoxy) is 6. The summed E-state index contributed by atoms with van der Waals surface area (Å²) in [5.74, 6) is 2.17. The van der Waals surface area contributed by atoms with E-state index in [0.717, 1.165) is 16.7 Å². The van der Waals surface area contributed by atoms with Crippen LogP contribution in [0.25, 0.3) is 0 Å². The lowest BCUT2D eigenvalue weighted by atomic mass is 9.94. The van der Waals surface area contributed by atoms with Crippen molar-refractivity contribution in [3.63, 3.8) is 0 Å². The highest BCUT2D eigenvalue weighted by Gasteiger charge is 2.48. The molecule has 0 N–H and O–H groups in total. The molecule has 0 spiro atoms. The largest absolute Gasteiger partial charge is 0.491 e. The van der Waals surface area contributed by atoms with Crippen molar-refractivity contribution >= 4 is 5.97 Å². The minimum atomic E-state index is -0.787. The third kappa shape index (κ3) is 9.31. The first-order valence-corrected chi connectivity index (χ1v) is 13.7. The Morgan fingerprint density at radius 3 is 1.88 bits per heavy atom. The summed E-state index contributed by atoms with van der Waals surface area (Å²) in [5.41, 5.74) is 3.02. The molecule has 0 aliphatic carbocycles. The van der Waals surface area contributed by atoms with Crippen LogP contribution in [-0.2, 0) is 53.0 Å². The van der Waals surface area contributed by atoms with Gasteiger partial charge in [-0.15, -0.1) is 6.42 Å². The standard InChI is InChI=1S/C34H36O7/c1-3-29-32(38-21-20-31(35)37-4-2)34(40-24-28-18-12-7-13-19-28)33(39-23-27-16-10-6-11-17-27)30(41-29)25-36-22-26-14-8-5-9-15-26/h1,5-21,29-30,32-34H,4,22-25H2,2H3/b21-20+/t29-,30-,32+,33-,34-/m1/s1. The lowest BCUT2D eigenvalue weighted by Crippen LogP contribution is -2.60. The van der Waals surface area contributed by atoms with Crippen LogP contribution in [-0.4, -0.2) is 49.7 Å². The minimum absolute atomic E-state index is 0.225. The summed E-state index contributed by atoms with van der Waals surface area (Å²) in [6, 6.07) is 29.6. The van der Waals surface area contributed by atoms with Crippen molar-refractivity contribution in [2.45, 2.75) is 57.3 Å². The van der Waals surface area contributed by atoms with Gasteiger partial charge in [0.2, 0.25) is 0 Å². The average molecular weight is 557 g/mol. The molecule has 0 bridgehead atoms. The second-order valence-electron chi connectivity index (χ2n) is 9.44. The number of hydrogen-bond acceptors (Lipinski definition) is 7. The van der Waals surface area contributed by atoms with Gasteiger partial charge in [-0.1, -0.05) is 96.9 Å². The van der Waals surface area contributed by atoms with E-state index in [2.05, 4.69) is 5.92 Å². The summed E-state index contributed by atoms with van der Waals surface area (Å²) < 4.78 is 36.4. The Hall–Kier alpha value is -3.93. The maximum absolute atomic E-state index is 11.9. The van der Waals surface area contributed by atoms with Crippen LogP contribution in [0.2, 0.25) is 0 Å². The summed E-state index contributed by atoms with van der Waals surface area (Å²) in [7, 11) is 0. The third-order valence-corrected chi connectivity index (χ3v) is 6.49. The summed E-state index contributed by atoms with van der Waals surface area (Å²) >= 11 is 0. The number of benzene rings is 3. The van der Waals surface area contributed by atoms with Crippen molar-refractivity contribution in [2.24, 2.45) is 0 Å². The molecule has 1 aliphatic rings. The van der Waals surface area contributed by atoms with Gasteiger partial charge < -0.3 is 28.4 Å². The van der Waals surface area contributed by atoms with Gasteiger partial charge in [-0.25, -0.2) is 4.79 Å². The number of rotatable bonds is 14. The second kappa shape index (κ2) is 16.4. The quantitative estimate of drug-likeness (QED) is 0.116. The van der Waals surface area contributed by atoms with E-state index in [-0.39, 0.29) is 13.2 Å². The Labute approximate surface area is 242 Å². The van der Waals surface area contributed by atoms with Gasteiger partial charge in [0.25, 0.3) is 0 Å². The van der Waals surface area contributed by atoms with Gasteiger partial charge >= 0.3 is 5.97 Å². The van der Waals surface area contributed by atoms with Gasteiger partial charge in [-0.05, 0) is 23.6 Å². The van der Waals surface area contributed by atoms with Crippen LogP contribution in [0.5, 0.6) is 0 Å². The Kier molecular flexibility index (Phi) is 12.0. The van der Waals surface area contributed by atoms with E-state index in [4.69, 9.17) is 34.8 Å². The highest BCUT2D eigenvalue weighted by molar-refractivity contribution is 5.81. The molecule has 0 unspecified atom stereocenters. The molecular formula is C34H36O7. The number of carbonyl (C=O) groups is 1. The zero-order chi connectivity index (χ0) is 28.7. The van der Waals surface area contributed by atoms with Gasteiger partial charge in [0.1, 0.15) is 18.3 Å². The molecule has 1 saturated heterocycles. The Balaban J connectivity index is 1.58. The molecule has 1 heterocycles. The molecular weight excluding hydrogens is 520 g/mol. The van der Waals surface area contributed by atoms with E-state index in [1.807, 2.05) is 91.0 Å². The van der Waals surface area contributed by atoms with Gasteiger partial charge in [-0.3, -0.25) is 0 Å². The normalized spacial score (nSPS) is 22.2. The zero-order valence-electron chi connectivity index (χ0n) is 23.2. The van der Waals surface area contributed by atoms with Crippen molar-refractivity contribution in [1.82, 2.24) is 0 Å². The number of carbonyl (C=O) groups excluding carboxylic acids is 1. The highest BCUT2D eigenvalue weighted by atomic mass is 16.6. The van der Waals surface area contributed by atoms with E-state index in [9.17, 15) is 4.79 Å². The molecule has 7 heteroatoms. The lowest BCUT2D eigenvalue weighted by molar-refractivity contribution is -0.250. The molecule has 0 saturated carbocycles. The number of esters is 1. The monoisotopic (exact) mass is 556 g/mol. The molecule has 3 aromatic carbocycles. The zero-order valence-corrected chi connectivity index (χ0v) is 23.2. The van der Waals surface area contributed by atoms with Crippen molar-refractivity contribution < 1.29 is 33.2 Å². The summed E-state index contributed by atoms with van der Waals surface area (Å²) in [4.78, 5) is 11.9. The Morgan fingerprint density at radius 1 is 0.805 bits per heavy atom. The third-order valence-electron chi connectivity index (χ3n) is 6.49. The van der Waals surface area contributed by atoms with Crippen molar-refractivity contribution in [3.8, 4) is 12.3 Å². The molecule has 41 heavy (non-hydrogen) atoms. The van der Waals surface area contributed by atoms with Crippen LogP contribution in [0.3, 0.4) is 0 Å². The van der Waals surface area contributed by atoms with E-state index >= 15 is 0 Å². The fraction of sp³-hybridized carbons (Fsp3) is 0.324. The van der Waals surface area contributed by atoms with Crippen molar-refractivity contribution in [1.29, 1.82) is 0 Å². The minimum Gasteiger partial charge on any atom is -0.491 e. The van der Waals surface area contributed by atoms with Crippen molar-refractivity contribution in [3.05, 3.63) is 120 Å².